The van der Waals surface area contributed by atoms with Crippen LogP contribution in [0, 0.1) is 0 Å². The van der Waals surface area contributed by atoms with Crippen molar-refractivity contribution in [2.75, 3.05) is 6.54 Å². The van der Waals surface area contributed by atoms with Crippen LogP contribution in [0.5, 0.6) is 5.75 Å². The molecule has 1 rings (SSSR count). The van der Waals surface area contributed by atoms with Gasteiger partial charge in [-0.05, 0) is 72.1 Å². The fourth-order valence-corrected chi connectivity index (χ4v) is 2.05. The highest BCUT2D eigenvalue weighted by Gasteiger charge is 2.21. The second-order valence-corrected chi connectivity index (χ2v) is 8.25. The molecule has 1 aromatic rings. The number of carbonyl (C=O) groups excluding carboxylic acids is 2. The number of hydrogen-bond donors (Lipinski definition) is 3. The number of phenols is 1. The number of rotatable bonds is 4. The van der Waals surface area contributed by atoms with Gasteiger partial charge in [-0.25, -0.2) is 9.59 Å². The number of aliphatic imine (C=N–C) groups is 1. The molecule has 0 unspecified atom stereocenters. The Bertz CT molecular complexity index is 653. The van der Waals surface area contributed by atoms with Crippen LogP contribution >= 0.6 is 0 Å². The van der Waals surface area contributed by atoms with Crippen LogP contribution in [0.25, 0.3) is 0 Å². The van der Waals surface area contributed by atoms with Crippen LogP contribution in [0.15, 0.2) is 29.3 Å². The lowest BCUT2D eigenvalue weighted by molar-refractivity contribution is 0.0545. The molecule has 0 bridgehead atoms. The Balaban J connectivity index is 2.68. The molecule has 0 spiro atoms. The average Bonchev–Trinajstić information content (AvgIpc) is 2.49. The summed E-state index contributed by atoms with van der Waals surface area (Å²) in [7, 11) is 0. The van der Waals surface area contributed by atoms with E-state index in [0.29, 0.717) is 13.0 Å². The van der Waals surface area contributed by atoms with Crippen molar-refractivity contribution in [2.24, 2.45) is 4.99 Å². The number of phenolic OH excluding ortho intramolecular Hbond substituents is 1. The lowest BCUT2D eigenvalue weighted by atomic mass is 10.1. The molecule has 0 heterocycles. The van der Waals surface area contributed by atoms with Crippen molar-refractivity contribution in [3.63, 3.8) is 0 Å². The Morgan fingerprint density at radius 1 is 0.929 bits per heavy atom. The van der Waals surface area contributed by atoms with Gasteiger partial charge < -0.3 is 14.6 Å². The Hall–Kier alpha value is -2.77. The number of aryl methyl sites for hydroxylation is 1. The van der Waals surface area contributed by atoms with Crippen molar-refractivity contribution in [1.29, 1.82) is 0 Å². The third kappa shape index (κ3) is 11.1. The van der Waals surface area contributed by atoms with Crippen LogP contribution in [0.3, 0.4) is 0 Å². The quantitative estimate of drug-likeness (QED) is 0.410. The first-order chi connectivity index (χ1) is 12.8. The van der Waals surface area contributed by atoms with Gasteiger partial charge in [0, 0.05) is 6.54 Å². The lowest BCUT2D eigenvalue weighted by Crippen LogP contribution is -2.47. The fraction of sp³-hybridized carbons (Fsp3) is 0.550. The number of guanidine groups is 1. The van der Waals surface area contributed by atoms with Crippen molar-refractivity contribution in [3.05, 3.63) is 29.8 Å². The minimum absolute atomic E-state index is 0.0331. The first-order valence-corrected chi connectivity index (χ1v) is 9.16. The number of alkyl carbamates (subject to hydrolysis) is 2. The van der Waals surface area contributed by atoms with E-state index < -0.39 is 23.4 Å². The highest BCUT2D eigenvalue weighted by molar-refractivity contribution is 6.01. The van der Waals surface area contributed by atoms with E-state index in [-0.39, 0.29) is 11.7 Å². The number of nitrogens with zero attached hydrogens (tertiary/aromatic N) is 1. The van der Waals surface area contributed by atoms with Crippen LogP contribution in [0.1, 0.15) is 53.5 Å². The molecule has 2 amide bonds. The number of ether oxygens (including phenoxy) is 2. The first-order valence-electron chi connectivity index (χ1n) is 9.16. The number of aromatic hydroxyl groups is 1. The normalized spacial score (nSPS) is 11.4. The van der Waals surface area contributed by atoms with Gasteiger partial charge in [-0.1, -0.05) is 12.1 Å². The second-order valence-electron chi connectivity index (χ2n) is 8.25. The van der Waals surface area contributed by atoms with Gasteiger partial charge in [0.2, 0.25) is 5.96 Å². The SMILES string of the molecule is CC(C)(C)OC(=O)NC(=NCCCc1ccc(O)cc1)NC(=O)OC(C)(C)C. The Labute approximate surface area is 166 Å². The average molecular weight is 393 g/mol. The fourth-order valence-electron chi connectivity index (χ4n) is 2.05. The van der Waals surface area contributed by atoms with Crippen LogP contribution < -0.4 is 10.6 Å². The van der Waals surface area contributed by atoms with Gasteiger partial charge in [0.1, 0.15) is 17.0 Å². The van der Waals surface area contributed by atoms with Crippen molar-refractivity contribution in [2.45, 2.75) is 65.6 Å². The molecule has 3 N–H and O–H groups in total. The summed E-state index contributed by atoms with van der Waals surface area (Å²) in [5.41, 5.74) is -0.310. The maximum Gasteiger partial charge on any atom is 0.414 e. The van der Waals surface area contributed by atoms with Crippen molar-refractivity contribution >= 4 is 18.1 Å². The summed E-state index contributed by atoms with van der Waals surface area (Å²) in [5.74, 6) is 0.182. The zero-order valence-electron chi connectivity index (χ0n) is 17.5. The molecule has 0 fully saturated rings. The van der Waals surface area contributed by atoms with Gasteiger partial charge >= 0.3 is 12.2 Å². The monoisotopic (exact) mass is 393 g/mol. The van der Waals surface area contributed by atoms with Crippen molar-refractivity contribution in [1.82, 2.24) is 10.6 Å². The first kappa shape index (κ1) is 23.3. The minimum atomic E-state index is -0.721. The highest BCUT2D eigenvalue weighted by Crippen LogP contribution is 2.11. The molecule has 0 saturated carbocycles. The minimum Gasteiger partial charge on any atom is -0.508 e. The van der Waals surface area contributed by atoms with E-state index in [1.807, 2.05) is 12.1 Å². The number of carbonyl (C=O) groups is 2. The molecule has 0 aliphatic rings. The smallest absolute Gasteiger partial charge is 0.414 e. The predicted octanol–water partition coefficient (Wildman–Crippen LogP) is 3.73. The lowest BCUT2D eigenvalue weighted by Gasteiger charge is -2.22. The zero-order valence-corrected chi connectivity index (χ0v) is 17.5. The van der Waals surface area contributed by atoms with E-state index in [1.165, 1.54) is 0 Å². The second kappa shape index (κ2) is 9.96. The number of amides is 2. The molecule has 1 aromatic carbocycles. The molecule has 0 saturated heterocycles. The molecule has 0 aliphatic heterocycles. The van der Waals surface area contributed by atoms with Gasteiger partial charge in [-0.3, -0.25) is 15.6 Å². The van der Waals surface area contributed by atoms with Gasteiger partial charge in [0.05, 0.1) is 0 Å². The van der Waals surface area contributed by atoms with Crippen molar-refractivity contribution < 1.29 is 24.2 Å². The maximum atomic E-state index is 12.0. The Kier molecular flexibility index (Phi) is 8.28. The summed E-state index contributed by atoms with van der Waals surface area (Å²) in [4.78, 5) is 28.2. The van der Waals surface area contributed by atoms with Crippen LogP contribution in [0.4, 0.5) is 9.59 Å². The summed E-state index contributed by atoms with van der Waals surface area (Å²) in [5, 5.41) is 14.2. The van der Waals surface area contributed by atoms with Crippen LogP contribution in [0.2, 0.25) is 0 Å². The summed E-state index contributed by atoms with van der Waals surface area (Å²) in [6.45, 7) is 10.8. The van der Waals surface area contributed by atoms with Crippen LogP contribution in [-0.4, -0.2) is 41.0 Å². The van der Waals surface area contributed by atoms with E-state index in [9.17, 15) is 14.7 Å². The Morgan fingerprint density at radius 2 is 1.39 bits per heavy atom. The van der Waals surface area contributed by atoms with Gasteiger partial charge in [-0.2, -0.15) is 0 Å². The topological polar surface area (TPSA) is 109 Å². The number of benzene rings is 1. The largest absolute Gasteiger partial charge is 0.508 e. The molecule has 156 valence electrons. The molecule has 28 heavy (non-hydrogen) atoms. The summed E-state index contributed by atoms with van der Waals surface area (Å²) >= 11 is 0. The highest BCUT2D eigenvalue weighted by atomic mass is 16.6. The maximum absolute atomic E-state index is 12.0. The van der Waals surface area contributed by atoms with Crippen LogP contribution in [-0.2, 0) is 15.9 Å². The van der Waals surface area contributed by atoms with Gasteiger partial charge in [-0.15, -0.1) is 0 Å². The van der Waals surface area contributed by atoms with E-state index in [0.717, 1.165) is 12.0 Å². The predicted molar refractivity (Wildman–Crippen MR) is 107 cm³/mol. The molecule has 8 heteroatoms. The molecular weight excluding hydrogens is 362 g/mol. The summed E-state index contributed by atoms with van der Waals surface area (Å²) in [6.07, 6.45) is -0.0300. The number of hydrogen-bond acceptors (Lipinski definition) is 6. The summed E-state index contributed by atoms with van der Waals surface area (Å²) < 4.78 is 10.4. The van der Waals surface area contributed by atoms with Gasteiger partial charge in [0.15, 0.2) is 0 Å². The standard InChI is InChI=1S/C20H31N3O5/c1-19(2,3)27-17(25)22-16(23-18(26)28-20(4,5)6)21-13-7-8-14-9-11-15(24)12-10-14/h9-12,24H,7-8,13H2,1-6H3,(H2,21,22,23,25,26). The molecular formula is C20H31N3O5. The van der Waals surface area contributed by atoms with E-state index in [1.54, 1.807) is 53.7 Å². The zero-order chi connectivity index (χ0) is 21.4. The van der Waals surface area contributed by atoms with E-state index in [2.05, 4.69) is 15.6 Å². The molecule has 0 aliphatic carbocycles. The summed E-state index contributed by atoms with van der Waals surface area (Å²) in [6, 6.07) is 6.91. The molecule has 8 nitrogen and oxygen atoms in total. The third-order valence-electron chi connectivity index (χ3n) is 3.07. The van der Waals surface area contributed by atoms with E-state index >= 15 is 0 Å². The van der Waals surface area contributed by atoms with Crippen molar-refractivity contribution in [3.8, 4) is 5.75 Å². The number of nitrogens with one attached hydrogen (secondary N) is 2. The molecule has 0 aromatic heterocycles. The van der Waals surface area contributed by atoms with E-state index in [4.69, 9.17) is 9.47 Å². The third-order valence-corrected chi connectivity index (χ3v) is 3.07. The van der Waals surface area contributed by atoms with Gasteiger partial charge in [0.25, 0.3) is 0 Å². The Morgan fingerprint density at radius 3 is 1.82 bits per heavy atom. The molecule has 0 atom stereocenters. The molecule has 0 radical (unpaired) electrons.